The summed E-state index contributed by atoms with van der Waals surface area (Å²) in [4.78, 5) is 52.3. The van der Waals surface area contributed by atoms with E-state index in [-0.39, 0.29) is 34.8 Å². The largest absolute Gasteiger partial charge is 0.508 e. The molecule has 3 fully saturated rings. The summed E-state index contributed by atoms with van der Waals surface area (Å²) in [6.07, 6.45) is 0.863. The number of rotatable bonds is 5. The van der Waals surface area contributed by atoms with Gasteiger partial charge in [0.1, 0.15) is 17.2 Å². The highest BCUT2D eigenvalue weighted by molar-refractivity contribution is 7.09. The van der Waals surface area contributed by atoms with Crippen LogP contribution in [0.3, 0.4) is 0 Å². The Kier molecular flexibility index (Phi) is 7.46. The van der Waals surface area contributed by atoms with E-state index in [1.165, 1.54) is 36.6 Å². The molecular formula is C32H21Cl2F5N2O6S. The van der Waals surface area contributed by atoms with Crippen LogP contribution in [0.4, 0.5) is 27.6 Å². The topological polar surface area (TPSA) is 104 Å². The molecule has 2 aliphatic heterocycles. The molecular weight excluding hydrogens is 706 g/mol. The molecule has 1 aromatic heterocycles. The van der Waals surface area contributed by atoms with Gasteiger partial charge in [-0.25, -0.2) is 26.9 Å². The lowest BCUT2D eigenvalue weighted by Crippen LogP contribution is -2.60. The Labute approximate surface area is 282 Å². The molecule has 16 heteroatoms. The Morgan fingerprint density at radius 3 is 2.21 bits per heavy atom. The molecule has 6 atom stereocenters. The van der Waals surface area contributed by atoms with E-state index in [1.54, 1.807) is 23.6 Å². The number of phenolic OH excluding ortho intramolecular Hbond substituents is 1. The summed E-state index contributed by atoms with van der Waals surface area (Å²) >= 11 is 15.5. The number of hydrogen-bond donors (Lipinski definition) is 1. The van der Waals surface area contributed by atoms with E-state index in [1.807, 2.05) is 0 Å². The van der Waals surface area contributed by atoms with Gasteiger partial charge in [-0.2, -0.15) is 0 Å². The van der Waals surface area contributed by atoms with E-state index >= 15 is 8.78 Å². The van der Waals surface area contributed by atoms with Crippen molar-refractivity contribution >= 4 is 63.9 Å². The van der Waals surface area contributed by atoms with Gasteiger partial charge in [0, 0.05) is 16.4 Å². The van der Waals surface area contributed by atoms with Crippen LogP contribution in [-0.2, 0) is 25.7 Å². The fourth-order valence-electron chi connectivity index (χ4n) is 7.66. The summed E-state index contributed by atoms with van der Waals surface area (Å²) in [5, 5.41) is 12.9. The number of imide groups is 2. The fourth-order valence-corrected chi connectivity index (χ4v) is 9.28. The van der Waals surface area contributed by atoms with Crippen molar-refractivity contribution < 1.29 is 51.0 Å². The van der Waals surface area contributed by atoms with Crippen LogP contribution in [-0.4, -0.2) is 50.5 Å². The van der Waals surface area contributed by atoms with Crippen LogP contribution < -0.4 is 9.64 Å². The molecule has 0 unspecified atom stereocenters. The number of thiophene rings is 1. The van der Waals surface area contributed by atoms with Gasteiger partial charge in [0.25, 0.3) is 11.8 Å². The normalized spacial score (nSPS) is 29.6. The van der Waals surface area contributed by atoms with E-state index in [2.05, 4.69) is 0 Å². The minimum Gasteiger partial charge on any atom is -0.508 e. The second-order valence-corrected chi connectivity index (χ2v) is 14.2. The zero-order valence-corrected chi connectivity index (χ0v) is 26.7. The molecule has 8 nitrogen and oxygen atoms in total. The number of alkyl halides is 2. The Morgan fingerprint density at radius 2 is 1.58 bits per heavy atom. The Hall–Kier alpha value is -4.01. The molecule has 2 aromatic carbocycles. The van der Waals surface area contributed by atoms with Crippen LogP contribution in [0.1, 0.15) is 29.2 Å². The third-order valence-electron chi connectivity index (χ3n) is 9.76. The lowest BCUT2D eigenvalue weighted by atomic mass is 9.56. The van der Waals surface area contributed by atoms with Crippen molar-refractivity contribution in [2.24, 2.45) is 17.8 Å². The second-order valence-electron chi connectivity index (χ2n) is 11.9. The summed E-state index contributed by atoms with van der Waals surface area (Å²) in [7, 11) is 1.23. The SMILES string of the molecule is COc1cccc(O)c1[C@H]1C2=CC[C@@H]3C(=O)N(Cc4cccs4)C(=O)[C@@H]3[C@@H]2C[C@@]2(Cl)C(=O)N(c3c(F)c(F)c(F)c(F)c3F)C(=O)[C@@]12Cl. The molecule has 3 aromatic rings. The predicted molar refractivity (Wildman–Crippen MR) is 161 cm³/mol. The highest BCUT2D eigenvalue weighted by Gasteiger charge is 2.77. The van der Waals surface area contributed by atoms with Crippen LogP contribution in [0.5, 0.6) is 11.5 Å². The van der Waals surface area contributed by atoms with Gasteiger partial charge in [0.15, 0.2) is 33.0 Å². The highest BCUT2D eigenvalue weighted by atomic mass is 35.5. The van der Waals surface area contributed by atoms with Crippen LogP contribution >= 0.6 is 34.5 Å². The highest BCUT2D eigenvalue weighted by Crippen LogP contribution is 2.67. The van der Waals surface area contributed by atoms with Gasteiger partial charge in [-0.1, -0.05) is 23.8 Å². The Bertz CT molecular complexity index is 1970. The Morgan fingerprint density at radius 1 is 0.917 bits per heavy atom. The minimum atomic E-state index is -2.78. The number of carbonyl (C=O) groups is 4. The molecule has 2 aliphatic carbocycles. The zero-order chi connectivity index (χ0) is 34.6. The minimum absolute atomic E-state index is 0.0276. The van der Waals surface area contributed by atoms with Gasteiger partial charge < -0.3 is 9.84 Å². The molecule has 1 saturated carbocycles. The molecule has 4 amide bonds. The smallest absolute Gasteiger partial charge is 0.258 e. The van der Waals surface area contributed by atoms with E-state index in [0.29, 0.717) is 4.88 Å². The van der Waals surface area contributed by atoms with Crippen molar-refractivity contribution in [3.05, 3.63) is 86.9 Å². The number of amides is 4. The molecule has 0 bridgehead atoms. The summed E-state index contributed by atoms with van der Waals surface area (Å²) in [5.41, 5.74) is -1.88. The summed E-state index contributed by atoms with van der Waals surface area (Å²) in [6, 6.07) is 7.48. The van der Waals surface area contributed by atoms with Crippen LogP contribution in [0.2, 0.25) is 0 Å². The second kappa shape index (κ2) is 11.0. The molecule has 3 heterocycles. The third-order valence-corrected chi connectivity index (χ3v) is 12.0. The lowest BCUT2D eigenvalue weighted by Gasteiger charge is -2.50. The quantitative estimate of drug-likeness (QED) is 0.0875. The van der Waals surface area contributed by atoms with Gasteiger partial charge in [0.05, 0.1) is 25.5 Å². The van der Waals surface area contributed by atoms with Crippen molar-refractivity contribution in [1.82, 2.24) is 4.90 Å². The van der Waals surface area contributed by atoms with Crippen molar-refractivity contribution in [1.29, 1.82) is 0 Å². The average Bonchev–Trinajstić information content (AvgIpc) is 3.71. The molecule has 4 aliphatic rings. The van der Waals surface area contributed by atoms with Crippen molar-refractivity contribution in [3.63, 3.8) is 0 Å². The van der Waals surface area contributed by atoms with E-state index in [0.717, 1.165) is 4.90 Å². The molecule has 48 heavy (non-hydrogen) atoms. The zero-order valence-electron chi connectivity index (χ0n) is 24.4. The van der Waals surface area contributed by atoms with Crippen LogP contribution in [0.15, 0.2) is 47.4 Å². The number of carbonyl (C=O) groups excluding carboxylic acids is 4. The van der Waals surface area contributed by atoms with Crippen molar-refractivity contribution in [3.8, 4) is 11.5 Å². The Balaban J connectivity index is 1.44. The number of fused-ring (bicyclic) bond motifs is 4. The molecule has 250 valence electrons. The molecule has 0 radical (unpaired) electrons. The number of allylic oxidation sites excluding steroid dienone is 2. The monoisotopic (exact) mass is 726 g/mol. The number of likely N-dealkylation sites (tertiary alicyclic amines) is 1. The standard InChI is InChI=1S/C32H21Cl2F5N2O6S/c1-47-17-6-2-5-16(42)19(17)20-13-7-8-14-18(28(44)40(27(14)43)11-12-4-3-9-48-12)15(13)10-31(33)29(45)41(30(46)32(20,31)34)26-24(38)22(36)21(35)23(37)25(26)39/h2-7,9,14-15,18,20,42H,8,10-11H2,1H3/t14-,15+,18-,20+,31+,32-/m0/s1. The molecule has 0 spiro atoms. The summed E-state index contributed by atoms with van der Waals surface area (Å²) in [5.74, 6) is -22.1. The number of anilines is 1. The van der Waals surface area contributed by atoms with Gasteiger partial charge in [-0.3, -0.25) is 24.1 Å². The maximum absolute atomic E-state index is 15.2. The number of ether oxygens (including phenoxy) is 1. The number of methoxy groups -OCH3 is 1. The average molecular weight is 727 g/mol. The maximum Gasteiger partial charge on any atom is 0.258 e. The lowest BCUT2D eigenvalue weighted by molar-refractivity contribution is -0.141. The van der Waals surface area contributed by atoms with Gasteiger partial charge >= 0.3 is 0 Å². The number of halogens is 7. The first-order valence-electron chi connectivity index (χ1n) is 14.4. The number of phenols is 1. The maximum atomic E-state index is 15.2. The molecule has 7 rings (SSSR count). The molecule has 2 saturated heterocycles. The van der Waals surface area contributed by atoms with Crippen LogP contribution in [0, 0.1) is 46.8 Å². The first-order chi connectivity index (χ1) is 22.7. The van der Waals surface area contributed by atoms with E-state index in [9.17, 15) is 37.5 Å². The first kappa shape index (κ1) is 32.5. The van der Waals surface area contributed by atoms with Gasteiger partial charge in [-0.15, -0.1) is 34.5 Å². The van der Waals surface area contributed by atoms with E-state index < -0.39 is 104 Å². The first-order valence-corrected chi connectivity index (χ1v) is 16.1. The van der Waals surface area contributed by atoms with Crippen molar-refractivity contribution in [2.45, 2.75) is 35.1 Å². The predicted octanol–water partition coefficient (Wildman–Crippen LogP) is 5.92. The summed E-state index contributed by atoms with van der Waals surface area (Å²) < 4.78 is 78.6. The number of nitrogens with zero attached hydrogens (tertiary/aromatic N) is 2. The number of hydrogen-bond acceptors (Lipinski definition) is 7. The number of aromatic hydroxyl groups is 1. The third kappa shape index (κ3) is 4.05. The van der Waals surface area contributed by atoms with Crippen LogP contribution in [0.25, 0.3) is 0 Å². The van der Waals surface area contributed by atoms with Gasteiger partial charge in [0.2, 0.25) is 17.6 Å². The molecule has 1 N–H and O–H groups in total. The van der Waals surface area contributed by atoms with Gasteiger partial charge in [-0.05, 0) is 42.3 Å². The fraction of sp³-hybridized carbons (Fsp3) is 0.312. The summed E-state index contributed by atoms with van der Waals surface area (Å²) in [6.45, 7) is -0.0297. The number of benzene rings is 2. The van der Waals surface area contributed by atoms with E-state index in [4.69, 9.17) is 27.9 Å². The van der Waals surface area contributed by atoms with Crippen molar-refractivity contribution in [2.75, 3.05) is 12.0 Å².